The van der Waals surface area contributed by atoms with Crippen molar-refractivity contribution in [2.75, 3.05) is 13.1 Å². The van der Waals surface area contributed by atoms with E-state index in [9.17, 15) is 0 Å². The van der Waals surface area contributed by atoms with E-state index in [1.165, 1.54) is 5.56 Å². The number of rotatable bonds is 3. The number of hydrogen-bond donors (Lipinski definition) is 1. The van der Waals surface area contributed by atoms with Crippen LogP contribution in [0.15, 0.2) is 22.7 Å². The molecule has 1 fully saturated rings. The second-order valence-electron chi connectivity index (χ2n) is 4.69. The van der Waals surface area contributed by atoms with Gasteiger partial charge in [0.1, 0.15) is 0 Å². The van der Waals surface area contributed by atoms with Gasteiger partial charge >= 0.3 is 0 Å². The van der Waals surface area contributed by atoms with Crippen LogP contribution in [0.1, 0.15) is 18.4 Å². The van der Waals surface area contributed by atoms with E-state index in [2.05, 4.69) is 26.9 Å². The van der Waals surface area contributed by atoms with Crippen LogP contribution in [0.3, 0.4) is 0 Å². The maximum absolute atomic E-state index is 6.23. The van der Waals surface area contributed by atoms with Crippen molar-refractivity contribution in [1.82, 2.24) is 4.90 Å². The van der Waals surface area contributed by atoms with Gasteiger partial charge in [-0.2, -0.15) is 0 Å². The molecule has 0 aliphatic carbocycles. The topological polar surface area (TPSA) is 29.3 Å². The van der Waals surface area contributed by atoms with Crippen molar-refractivity contribution in [1.29, 1.82) is 0 Å². The molecular weight excluding hydrogens is 332 g/mol. The summed E-state index contributed by atoms with van der Waals surface area (Å²) in [4.78, 5) is 3.07. The molecule has 1 aliphatic heterocycles. The summed E-state index contributed by atoms with van der Waals surface area (Å²) < 4.78 is 1.02. The van der Waals surface area contributed by atoms with E-state index in [1.54, 1.807) is 0 Å². The molecule has 2 N–H and O–H groups in total. The zero-order valence-corrected chi connectivity index (χ0v) is 13.2. The van der Waals surface area contributed by atoms with Crippen molar-refractivity contribution >= 4 is 44.7 Å². The lowest BCUT2D eigenvalue weighted by atomic mass is 9.96. The summed E-state index contributed by atoms with van der Waals surface area (Å²) in [7, 11) is 0. The molecule has 1 aliphatic rings. The first-order chi connectivity index (χ1) is 8.56. The van der Waals surface area contributed by atoms with Crippen LogP contribution in [0.25, 0.3) is 0 Å². The monoisotopic (exact) mass is 346 g/mol. The van der Waals surface area contributed by atoms with Crippen LogP contribution in [-0.2, 0) is 6.54 Å². The second kappa shape index (κ2) is 6.33. The predicted octanol–water partition coefficient (Wildman–Crippen LogP) is 3.60. The zero-order chi connectivity index (χ0) is 13.1. The van der Waals surface area contributed by atoms with Crippen molar-refractivity contribution in [2.45, 2.75) is 19.4 Å². The largest absolute Gasteiger partial charge is 0.393 e. The first-order valence-electron chi connectivity index (χ1n) is 6.02. The standard InChI is InChI=1S/C13H16BrClN2S/c14-11-2-1-10(12(15)7-11)8-17-5-3-9(4-6-17)13(16)18/h1-2,7,9H,3-6,8H2,(H2,16,18). The summed E-state index contributed by atoms with van der Waals surface area (Å²) in [5, 5.41) is 0.820. The third-order valence-electron chi connectivity index (χ3n) is 3.40. The van der Waals surface area contributed by atoms with Crippen molar-refractivity contribution < 1.29 is 0 Å². The lowest BCUT2D eigenvalue weighted by molar-refractivity contribution is 0.202. The predicted molar refractivity (Wildman–Crippen MR) is 83.9 cm³/mol. The normalized spacial score (nSPS) is 17.9. The lowest BCUT2D eigenvalue weighted by Crippen LogP contribution is -2.37. The minimum atomic E-state index is 0.414. The number of nitrogens with zero attached hydrogens (tertiary/aromatic N) is 1. The van der Waals surface area contributed by atoms with Crippen LogP contribution in [0, 0.1) is 5.92 Å². The minimum Gasteiger partial charge on any atom is -0.393 e. The Balaban J connectivity index is 1.93. The molecular formula is C13H16BrClN2S. The van der Waals surface area contributed by atoms with Gasteiger partial charge in [0, 0.05) is 22.0 Å². The second-order valence-corrected chi connectivity index (χ2v) is 6.48. The molecule has 0 saturated carbocycles. The molecule has 0 atom stereocenters. The Bertz CT molecular complexity index is 445. The molecule has 1 aromatic rings. The summed E-state index contributed by atoms with van der Waals surface area (Å²) >= 11 is 14.7. The van der Waals surface area contributed by atoms with Gasteiger partial charge in [0.05, 0.1) is 4.99 Å². The van der Waals surface area contributed by atoms with Crippen molar-refractivity contribution in [3.63, 3.8) is 0 Å². The molecule has 98 valence electrons. The van der Waals surface area contributed by atoms with Crippen LogP contribution < -0.4 is 5.73 Å². The summed E-state index contributed by atoms with van der Waals surface area (Å²) in [5.74, 6) is 0.414. The average Bonchev–Trinajstić information content (AvgIpc) is 2.33. The fourth-order valence-electron chi connectivity index (χ4n) is 2.27. The van der Waals surface area contributed by atoms with Crippen molar-refractivity contribution in [3.05, 3.63) is 33.3 Å². The molecule has 18 heavy (non-hydrogen) atoms. The van der Waals surface area contributed by atoms with Crippen LogP contribution in [-0.4, -0.2) is 23.0 Å². The first-order valence-corrected chi connectivity index (χ1v) is 7.60. The molecule has 1 saturated heterocycles. The van der Waals surface area contributed by atoms with Gasteiger partial charge in [-0.05, 0) is 43.6 Å². The molecule has 2 rings (SSSR count). The van der Waals surface area contributed by atoms with Gasteiger partial charge in [-0.1, -0.05) is 45.8 Å². The smallest absolute Gasteiger partial charge is 0.0759 e. The molecule has 0 aromatic heterocycles. The summed E-state index contributed by atoms with van der Waals surface area (Å²) in [6.07, 6.45) is 2.12. The molecule has 0 unspecified atom stereocenters. The molecule has 2 nitrogen and oxygen atoms in total. The lowest BCUT2D eigenvalue weighted by Gasteiger charge is -2.31. The van der Waals surface area contributed by atoms with Gasteiger partial charge in [-0.25, -0.2) is 0 Å². The number of nitrogens with two attached hydrogens (primary N) is 1. The van der Waals surface area contributed by atoms with Gasteiger partial charge in [-0.15, -0.1) is 0 Å². The molecule has 0 amide bonds. The van der Waals surface area contributed by atoms with Gasteiger partial charge in [-0.3, -0.25) is 4.90 Å². The van der Waals surface area contributed by atoms with E-state index >= 15 is 0 Å². The number of likely N-dealkylation sites (tertiary alicyclic amines) is 1. The minimum absolute atomic E-state index is 0.414. The highest BCUT2D eigenvalue weighted by molar-refractivity contribution is 9.10. The van der Waals surface area contributed by atoms with E-state index in [4.69, 9.17) is 29.6 Å². The van der Waals surface area contributed by atoms with Crippen molar-refractivity contribution in [2.24, 2.45) is 11.7 Å². The number of halogens is 2. The Hall–Kier alpha value is -0.160. The van der Waals surface area contributed by atoms with E-state index < -0.39 is 0 Å². The summed E-state index contributed by atoms with van der Waals surface area (Å²) in [6.45, 7) is 2.97. The Kier molecular flexibility index (Phi) is 5.01. The van der Waals surface area contributed by atoms with Crippen molar-refractivity contribution in [3.8, 4) is 0 Å². The van der Waals surface area contributed by atoms with E-state index in [1.807, 2.05) is 12.1 Å². The Morgan fingerprint density at radius 1 is 1.44 bits per heavy atom. The molecule has 5 heteroatoms. The molecule has 0 spiro atoms. The fourth-order valence-corrected chi connectivity index (χ4v) is 3.24. The Labute approximate surface area is 127 Å². The number of thiocarbonyl (C=S) groups is 1. The highest BCUT2D eigenvalue weighted by Gasteiger charge is 2.21. The molecule has 1 aromatic carbocycles. The van der Waals surface area contributed by atoms with E-state index in [0.717, 1.165) is 42.0 Å². The fraction of sp³-hybridized carbons (Fsp3) is 0.462. The van der Waals surface area contributed by atoms with E-state index in [0.29, 0.717) is 10.9 Å². The molecule has 1 heterocycles. The quantitative estimate of drug-likeness (QED) is 0.847. The summed E-state index contributed by atoms with van der Waals surface area (Å²) in [6, 6.07) is 6.05. The van der Waals surface area contributed by atoms with Crippen LogP contribution in [0.4, 0.5) is 0 Å². The zero-order valence-electron chi connectivity index (χ0n) is 10.0. The Morgan fingerprint density at radius 2 is 2.11 bits per heavy atom. The maximum atomic E-state index is 6.23. The van der Waals surface area contributed by atoms with Crippen LogP contribution in [0.2, 0.25) is 5.02 Å². The molecule has 0 bridgehead atoms. The number of piperidine rings is 1. The van der Waals surface area contributed by atoms with Gasteiger partial charge < -0.3 is 5.73 Å². The van der Waals surface area contributed by atoms with Gasteiger partial charge in [0.2, 0.25) is 0 Å². The van der Waals surface area contributed by atoms with E-state index in [-0.39, 0.29) is 0 Å². The number of benzene rings is 1. The third-order valence-corrected chi connectivity index (χ3v) is 4.58. The SMILES string of the molecule is NC(=S)C1CCN(Cc2ccc(Br)cc2Cl)CC1. The van der Waals surface area contributed by atoms with Crippen LogP contribution >= 0.6 is 39.7 Å². The highest BCUT2D eigenvalue weighted by Crippen LogP contribution is 2.25. The molecule has 0 radical (unpaired) electrons. The number of hydrogen-bond acceptors (Lipinski definition) is 2. The first kappa shape index (κ1) is 14.3. The average molecular weight is 348 g/mol. The van der Waals surface area contributed by atoms with Gasteiger partial charge in [0.25, 0.3) is 0 Å². The van der Waals surface area contributed by atoms with Crippen LogP contribution in [0.5, 0.6) is 0 Å². The maximum Gasteiger partial charge on any atom is 0.0759 e. The highest BCUT2D eigenvalue weighted by atomic mass is 79.9. The summed E-state index contributed by atoms with van der Waals surface area (Å²) in [5.41, 5.74) is 6.87. The van der Waals surface area contributed by atoms with Gasteiger partial charge in [0.15, 0.2) is 0 Å². The third kappa shape index (κ3) is 3.67. The Morgan fingerprint density at radius 3 is 2.67 bits per heavy atom.